The predicted molar refractivity (Wildman–Crippen MR) is 142 cm³/mol. The van der Waals surface area contributed by atoms with Crippen LogP contribution in [0.1, 0.15) is 133 Å². The van der Waals surface area contributed by atoms with E-state index in [2.05, 4.69) is 31.2 Å². The molecule has 3 aliphatic rings. The van der Waals surface area contributed by atoms with Crippen LogP contribution in [0.2, 0.25) is 0 Å². The highest BCUT2D eigenvalue weighted by molar-refractivity contribution is 5.26. The molecule has 3 aliphatic carbocycles. The first-order valence-corrected chi connectivity index (χ1v) is 14.9. The minimum Gasteiger partial charge on any atom is -0.396 e. The molecule has 1 N–H and O–H groups in total. The number of hydrogen-bond donors (Lipinski definition) is 1. The number of aliphatic hydroxyl groups excluding tert-OH is 1. The quantitative estimate of drug-likeness (QED) is 0.351. The molecule has 0 spiro atoms. The fraction of sp³-hybridized carbons (Fsp3) is 0.812. The molecule has 0 unspecified atom stereocenters. The molecular formula is C32H52O. The zero-order valence-corrected chi connectivity index (χ0v) is 21.7. The van der Waals surface area contributed by atoms with Crippen LogP contribution in [-0.4, -0.2) is 11.7 Å². The molecule has 0 atom stereocenters. The lowest BCUT2D eigenvalue weighted by Gasteiger charge is -2.38. The van der Waals surface area contributed by atoms with Crippen LogP contribution < -0.4 is 0 Å². The molecule has 1 nitrogen and oxygen atoms in total. The first-order valence-electron chi connectivity index (χ1n) is 14.9. The number of hydrogen-bond acceptors (Lipinski definition) is 1. The number of unbranched alkanes of at least 4 members (excludes halogenated alkanes) is 1. The molecule has 1 aromatic carbocycles. The van der Waals surface area contributed by atoms with Crippen molar-refractivity contribution in [3.05, 3.63) is 35.4 Å². The molecule has 3 saturated carbocycles. The minimum absolute atomic E-state index is 0.322. The van der Waals surface area contributed by atoms with Gasteiger partial charge in [-0.05, 0) is 117 Å². The van der Waals surface area contributed by atoms with E-state index in [1.54, 1.807) is 44.1 Å². The standard InChI is InChI=1S/C32H52O/c1-2-25-8-16-29(17-9-25)31-20-12-27(13-21-31)6-7-28-14-22-32(23-15-28)30-18-10-26(11-19-30)5-3-4-24-33/h10-11,18-19,25,27-29,31-33H,2-9,12-17,20-24H2,1H3. The highest BCUT2D eigenvalue weighted by Crippen LogP contribution is 2.44. The van der Waals surface area contributed by atoms with E-state index in [-0.39, 0.29) is 0 Å². The second-order valence-electron chi connectivity index (χ2n) is 12.2. The van der Waals surface area contributed by atoms with Gasteiger partial charge in [-0.1, -0.05) is 76.1 Å². The molecule has 0 aliphatic heterocycles. The van der Waals surface area contributed by atoms with Crippen LogP contribution in [-0.2, 0) is 6.42 Å². The summed E-state index contributed by atoms with van der Waals surface area (Å²) in [5, 5.41) is 8.97. The lowest BCUT2D eigenvalue weighted by molar-refractivity contribution is 0.138. The highest BCUT2D eigenvalue weighted by Gasteiger charge is 2.31. The van der Waals surface area contributed by atoms with Crippen LogP contribution >= 0.6 is 0 Å². The molecule has 1 heteroatoms. The summed E-state index contributed by atoms with van der Waals surface area (Å²) < 4.78 is 0. The van der Waals surface area contributed by atoms with Crippen molar-refractivity contribution in [3.63, 3.8) is 0 Å². The van der Waals surface area contributed by atoms with E-state index < -0.39 is 0 Å². The van der Waals surface area contributed by atoms with Crippen LogP contribution in [0.15, 0.2) is 24.3 Å². The van der Waals surface area contributed by atoms with Crippen molar-refractivity contribution in [2.24, 2.45) is 29.6 Å². The van der Waals surface area contributed by atoms with E-state index in [0.717, 1.165) is 54.8 Å². The van der Waals surface area contributed by atoms with Crippen molar-refractivity contribution < 1.29 is 5.11 Å². The highest BCUT2D eigenvalue weighted by atomic mass is 16.2. The molecule has 33 heavy (non-hydrogen) atoms. The number of aliphatic hydroxyl groups is 1. The van der Waals surface area contributed by atoms with Gasteiger partial charge >= 0.3 is 0 Å². The third-order valence-electron chi connectivity index (χ3n) is 10.2. The van der Waals surface area contributed by atoms with E-state index >= 15 is 0 Å². The molecule has 3 fully saturated rings. The summed E-state index contributed by atoms with van der Waals surface area (Å²) in [6, 6.07) is 9.47. The normalized spacial score (nSPS) is 33.2. The zero-order chi connectivity index (χ0) is 22.9. The Balaban J connectivity index is 1.10. The molecule has 0 saturated heterocycles. The molecule has 1 aromatic rings. The molecule has 186 valence electrons. The number of rotatable bonds is 10. The van der Waals surface area contributed by atoms with E-state index in [1.807, 2.05) is 0 Å². The third kappa shape index (κ3) is 7.58. The Labute approximate surface area is 205 Å². The Morgan fingerprint density at radius 2 is 1.15 bits per heavy atom. The van der Waals surface area contributed by atoms with E-state index in [0.29, 0.717) is 6.61 Å². The van der Waals surface area contributed by atoms with Gasteiger partial charge in [0.25, 0.3) is 0 Å². The van der Waals surface area contributed by atoms with Crippen molar-refractivity contribution in [3.8, 4) is 0 Å². The third-order valence-corrected chi connectivity index (χ3v) is 10.2. The van der Waals surface area contributed by atoms with Gasteiger partial charge in [-0.25, -0.2) is 0 Å². The van der Waals surface area contributed by atoms with Crippen LogP contribution in [0.5, 0.6) is 0 Å². The topological polar surface area (TPSA) is 20.2 Å². The molecule has 0 amide bonds. The number of aryl methyl sites for hydroxylation is 1. The Morgan fingerprint density at radius 3 is 1.67 bits per heavy atom. The first-order chi connectivity index (χ1) is 16.2. The largest absolute Gasteiger partial charge is 0.396 e. The minimum atomic E-state index is 0.322. The lowest BCUT2D eigenvalue weighted by Crippen LogP contribution is -2.26. The second-order valence-corrected chi connectivity index (χ2v) is 12.2. The van der Waals surface area contributed by atoms with Gasteiger partial charge in [0.1, 0.15) is 0 Å². The van der Waals surface area contributed by atoms with Gasteiger partial charge in [0.2, 0.25) is 0 Å². The fourth-order valence-corrected chi connectivity index (χ4v) is 7.67. The van der Waals surface area contributed by atoms with Crippen LogP contribution in [0.25, 0.3) is 0 Å². The molecule has 0 radical (unpaired) electrons. The van der Waals surface area contributed by atoms with Gasteiger partial charge in [-0.2, -0.15) is 0 Å². The monoisotopic (exact) mass is 452 g/mol. The summed E-state index contributed by atoms with van der Waals surface area (Å²) in [5.74, 6) is 6.06. The Hall–Kier alpha value is -0.820. The second kappa shape index (κ2) is 13.3. The van der Waals surface area contributed by atoms with E-state index in [1.165, 1.54) is 63.4 Å². The van der Waals surface area contributed by atoms with Crippen LogP contribution in [0, 0.1) is 29.6 Å². The van der Waals surface area contributed by atoms with E-state index in [4.69, 9.17) is 5.11 Å². The average molecular weight is 453 g/mol. The smallest absolute Gasteiger partial charge is 0.0431 e. The van der Waals surface area contributed by atoms with Gasteiger partial charge in [-0.15, -0.1) is 0 Å². The SMILES string of the molecule is CCC1CCC(C2CCC(CCC3CCC(c4ccc(CCCCO)cc4)CC3)CC2)CC1. The molecule has 0 bridgehead atoms. The summed E-state index contributed by atoms with van der Waals surface area (Å²) in [4.78, 5) is 0. The van der Waals surface area contributed by atoms with Crippen molar-refractivity contribution in [2.45, 2.75) is 128 Å². The van der Waals surface area contributed by atoms with Gasteiger partial charge in [0.05, 0.1) is 0 Å². The summed E-state index contributed by atoms with van der Waals surface area (Å²) in [6.07, 6.45) is 25.6. The predicted octanol–water partition coefficient (Wildman–Crippen LogP) is 9.08. The zero-order valence-electron chi connectivity index (χ0n) is 21.7. The summed E-state index contributed by atoms with van der Waals surface area (Å²) >= 11 is 0. The molecule has 0 aromatic heterocycles. The van der Waals surface area contributed by atoms with Crippen LogP contribution in [0.4, 0.5) is 0 Å². The molecular weight excluding hydrogens is 400 g/mol. The maximum atomic E-state index is 8.97. The Bertz CT molecular complexity index is 640. The lowest BCUT2D eigenvalue weighted by atomic mass is 9.68. The fourth-order valence-electron chi connectivity index (χ4n) is 7.67. The van der Waals surface area contributed by atoms with Crippen molar-refractivity contribution in [2.75, 3.05) is 6.61 Å². The van der Waals surface area contributed by atoms with Crippen molar-refractivity contribution in [1.82, 2.24) is 0 Å². The first kappa shape index (κ1) is 25.3. The number of benzene rings is 1. The average Bonchev–Trinajstić information content (AvgIpc) is 2.89. The maximum absolute atomic E-state index is 8.97. The Morgan fingerprint density at radius 1 is 0.636 bits per heavy atom. The van der Waals surface area contributed by atoms with Crippen LogP contribution in [0.3, 0.4) is 0 Å². The Kier molecular flexibility index (Phi) is 10.2. The van der Waals surface area contributed by atoms with Crippen molar-refractivity contribution in [1.29, 1.82) is 0 Å². The van der Waals surface area contributed by atoms with Gasteiger partial charge < -0.3 is 5.11 Å². The maximum Gasteiger partial charge on any atom is 0.0431 e. The molecule has 4 rings (SSSR count). The van der Waals surface area contributed by atoms with Crippen molar-refractivity contribution >= 4 is 0 Å². The van der Waals surface area contributed by atoms with Gasteiger partial charge in [-0.3, -0.25) is 0 Å². The van der Waals surface area contributed by atoms with Gasteiger partial charge in [0.15, 0.2) is 0 Å². The summed E-state index contributed by atoms with van der Waals surface area (Å²) in [5.41, 5.74) is 3.01. The summed E-state index contributed by atoms with van der Waals surface area (Å²) in [7, 11) is 0. The summed E-state index contributed by atoms with van der Waals surface area (Å²) in [6.45, 7) is 2.71. The van der Waals surface area contributed by atoms with E-state index in [9.17, 15) is 0 Å². The van der Waals surface area contributed by atoms with Gasteiger partial charge in [0, 0.05) is 6.61 Å². The molecule has 0 heterocycles.